The topological polar surface area (TPSA) is 56.4 Å². The van der Waals surface area contributed by atoms with E-state index in [1.54, 1.807) is 35.8 Å². The predicted octanol–water partition coefficient (Wildman–Crippen LogP) is 3.56. The van der Waals surface area contributed by atoms with E-state index in [9.17, 15) is 10.4 Å². The smallest absolute Gasteiger partial charge is 0.134 e. The van der Waals surface area contributed by atoms with Crippen LogP contribution in [-0.4, -0.2) is 11.3 Å². The van der Waals surface area contributed by atoms with Gasteiger partial charge in [0.25, 0.3) is 0 Å². The maximum Gasteiger partial charge on any atom is 0.134 e. The molecule has 0 bridgehead atoms. The van der Waals surface area contributed by atoms with E-state index in [1.165, 1.54) is 10.4 Å². The number of nitrogens with zero attached hydrogens (tertiary/aromatic N) is 2. The van der Waals surface area contributed by atoms with Gasteiger partial charge in [-0.3, -0.25) is 0 Å². The van der Waals surface area contributed by atoms with Crippen LogP contribution in [0.15, 0.2) is 29.3 Å². The van der Waals surface area contributed by atoms with Gasteiger partial charge in [0.1, 0.15) is 16.8 Å². The number of phenols is 1. The Hall–Kier alpha value is -2.12. The Morgan fingerprint density at radius 2 is 2.16 bits per heavy atom. The summed E-state index contributed by atoms with van der Waals surface area (Å²) in [5.74, 6) is 0.203. The molecule has 0 radical (unpaired) electrons. The first-order valence-electron chi connectivity index (χ1n) is 6.16. The van der Waals surface area contributed by atoms with Crippen molar-refractivity contribution in [1.29, 1.82) is 5.26 Å². The summed E-state index contributed by atoms with van der Waals surface area (Å²) in [4.78, 5) is 5.68. The zero-order valence-electron chi connectivity index (χ0n) is 10.3. The third-order valence-corrected chi connectivity index (χ3v) is 4.47. The Morgan fingerprint density at radius 1 is 1.32 bits per heavy atom. The molecule has 3 nitrogen and oxygen atoms in total. The van der Waals surface area contributed by atoms with Gasteiger partial charge < -0.3 is 5.11 Å². The van der Waals surface area contributed by atoms with Crippen molar-refractivity contribution in [3.8, 4) is 11.8 Å². The lowest BCUT2D eigenvalue weighted by Gasteiger charge is -1.96. The summed E-state index contributed by atoms with van der Waals surface area (Å²) in [6.45, 7) is 0. The van der Waals surface area contributed by atoms with E-state index in [0.29, 0.717) is 11.1 Å². The molecule has 1 heterocycles. The quantitative estimate of drug-likeness (QED) is 0.846. The summed E-state index contributed by atoms with van der Waals surface area (Å²) >= 11 is 1.60. The highest BCUT2D eigenvalue weighted by atomic mass is 32.1. The summed E-state index contributed by atoms with van der Waals surface area (Å²) < 4.78 is 0. The summed E-state index contributed by atoms with van der Waals surface area (Å²) in [7, 11) is 0. The Balaban J connectivity index is 1.97. The number of rotatable bonds is 2. The van der Waals surface area contributed by atoms with E-state index < -0.39 is 0 Å². The lowest BCUT2D eigenvalue weighted by atomic mass is 10.1. The van der Waals surface area contributed by atoms with Crippen molar-refractivity contribution in [1.82, 2.24) is 0 Å². The number of aryl methyl sites for hydroxylation is 1. The summed E-state index contributed by atoms with van der Waals surface area (Å²) in [6, 6.07) is 9.30. The third-order valence-electron chi connectivity index (χ3n) is 3.27. The van der Waals surface area contributed by atoms with Crippen LogP contribution in [0.25, 0.3) is 0 Å². The molecular weight excluding hydrogens is 256 g/mol. The number of para-hydroxylation sites is 1. The molecule has 1 N–H and O–H groups in total. The van der Waals surface area contributed by atoms with Crippen LogP contribution in [0.1, 0.15) is 28.0 Å². The van der Waals surface area contributed by atoms with Crippen LogP contribution in [0.2, 0.25) is 0 Å². The number of aromatic hydroxyl groups is 1. The number of hydrogen-bond acceptors (Lipinski definition) is 4. The fourth-order valence-electron chi connectivity index (χ4n) is 2.32. The van der Waals surface area contributed by atoms with Crippen molar-refractivity contribution < 1.29 is 5.11 Å². The van der Waals surface area contributed by atoms with Gasteiger partial charge >= 0.3 is 0 Å². The Morgan fingerprint density at radius 3 is 2.95 bits per heavy atom. The van der Waals surface area contributed by atoms with Gasteiger partial charge in [-0.2, -0.15) is 5.26 Å². The summed E-state index contributed by atoms with van der Waals surface area (Å²) in [5.41, 5.74) is 2.56. The Bertz CT molecular complexity index is 695. The van der Waals surface area contributed by atoms with E-state index in [-0.39, 0.29) is 5.75 Å². The first-order chi connectivity index (χ1) is 9.29. The summed E-state index contributed by atoms with van der Waals surface area (Å²) in [5, 5.41) is 19.7. The molecule has 1 aliphatic rings. The standard InChI is InChI=1S/C15H12N2OS/c16-8-12-11-5-3-7-14(11)19-15(12)17-9-10-4-1-2-6-13(10)18/h1-2,4,6,9,18H,3,5,7H2/b17-9+. The van der Waals surface area contributed by atoms with Crippen molar-refractivity contribution >= 4 is 22.6 Å². The molecule has 0 saturated heterocycles. The first-order valence-corrected chi connectivity index (χ1v) is 6.98. The van der Waals surface area contributed by atoms with Crippen molar-refractivity contribution in [2.75, 3.05) is 0 Å². The zero-order valence-corrected chi connectivity index (χ0v) is 11.1. The lowest BCUT2D eigenvalue weighted by Crippen LogP contribution is -1.82. The normalized spacial score (nSPS) is 13.6. The first kappa shape index (κ1) is 11.9. The van der Waals surface area contributed by atoms with Gasteiger partial charge in [-0.1, -0.05) is 12.1 Å². The van der Waals surface area contributed by atoms with Gasteiger partial charge in [0.15, 0.2) is 0 Å². The van der Waals surface area contributed by atoms with Crippen LogP contribution in [0.5, 0.6) is 5.75 Å². The van der Waals surface area contributed by atoms with Gasteiger partial charge in [0.05, 0.1) is 5.56 Å². The van der Waals surface area contributed by atoms with E-state index in [1.807, 2.05) is 6.07 Å². The highest BCUT2D eigenvalue weighted by Gasteiger charge is 2.21. The SMILES string of the molecule is N#Cc1c(/N=C/c2ccccc2O)sc2c1CCC2. The second-order valence-electron chi connectivity index (χ2n) is 4.47. The van der Waals surface area contributed by atoms with Crippen molar-refractivity contribution in [2.24, 2.45) is 4.99 Å². The molecule has 4 heteroatoms. The Kier molecular flexibility index (Phi) is 3.06. The molecule has 1 aromatic carbocycles. The second-order valence-corrected chi connectivity index (χ2v) is 5.55. The molecule has 0 saturated carbocycles. The fourth-order valence-corrected chi connectivity index (χ4v) is 3.50. The molecule has 3 rings (SSSR count). The van der Waals surface area contributed by atoms with E-state index in [4.69, 9.17) is 0 Å². The van der Waals surface area contributed by atoms with Crippen LogP contribution < -0.4 is 0 Å². The van der Waals surface area contributed by atoms with E-state index in [2.05, 4.69) is 11.1 Å². The maximum absolute atomic E-state index is 9.68. The Labute approximate surface area is 115 Å². The number of nitriles is 1. The number of thiophene rings is 1. The average molecular weight is 268 g/mol. The lowest BCUT2D eigenvalue weighted by molar-refractivity contribution is 0.474. The molecule has 94 valence electrons. The highest BCUT2D eigenvalue weighted by Crippen LogP contribution is 2.40. The molecule has 1 aromatic heterocycles. The number of aliphatic imine (C=N–C) groups is 1. The van der Waals surface area contributed by atoms with Gasteiger partial charge in [0, 0.05) is 16.7 Å². The number of phenolic OH excluding ortho intramolecular Hbond substituents is 1. The molecule has 0 aliphatic heterocycles. The largest absolute Gasteiger partial charge is 0.507 e. The average Bonchev–Trinajstić information content (AvgIpc) is 2.97. The molecule has 0 unspecified atom stereocenters. The van der Waals surface area contributed by atoms with Crippen LogP contribution in [0, 0.1) is 11.3 Å². The predicted molar refractivity (Wildman–Crippen MR) is 76.4 cm³/mol. The van der Waals surface area contributed by atoms with E-state index >= 15 is 0 Å². The van der Waals surface area contributed by atoms with Crippen LogP contribution in [-0.2, 0) is 12.8 Å². The molecule has 0 fully saturated rings. The summed E-state index contributed by atoms with van der Waals surface area (Å²) in [6.07, 6.45) is 4.80. The molecule has 0 amide bonds. The molecular formula is C15H12N2OS. The van der Waals surface area contributed by atoms with E-state index in [0.717, 1.165) is 24.3 Å². The van der Waals surface area contributed by atoms with Crippen molar-refractivity contribution in [3.05, 3.63) is 45.8 Å². The fraction of sp³-hybridized carbons (Fsp3) is 0.200. The molecule has 0 atom stereocenters. The van der Waals surface area contributed by atoms with Gasteiger partial charge in [-0.15, -0.1) is 11.3 Å². The highest BCUT2D eigenvalue weighted by molar-refractivity contribution is 7.16. The number of hydrogen-bond donors (Lipinski definition) is 1. The molecule has 1 aliphatic carbocycles. The number of fused-ring (bicyclic) bond motifs is 1. The minimum absolute atomic E-state index is 0.203. The van der Waals surface area contributed by atoms with Crippen molar-refractivity contribution in [3.63, 3.8) is 0 Å². The molecule has 19 heavy (non-hydrogen) atoms. The van der Waals surface area contributed by atoms with Crippen LogP contribution in [0.4, 0.5) is 5.00 Å². The maximum atomic E-state index is 9.68. The molecule has 0 spiro atoms. The van der Waals surface area contributed by atoms with Gasteiger partial charge in [-0.25, -0.2) is 4.99 Å². The minimum atomic E-state index is 0.203. The number of benzene rings is 1. The zero-order chi connectivity index (χ0) is 13.2. The van der Waals surface area contributed by atoms with Crippen LogP contribution >= 0.6 is 11.3 Å². The second kappa shape index (κ2) is 4.87. The molecule has 2 aromatic rings. The van der Waals surface area contributed by atoms with Gasteiger partial charge in [0.2, 0.25) is 0 Å². The van der Waals surface area contributed by atoms with Gasteiger partial charge in [-0.05, 0) is 37.0 Å². The van der Waals surface area contributed by atoms with Crippen LogP contribution in [0.3, 0.4) is 0 Å². The van der Waals surface area contributed by atoms with Crippen molar-refractivity contribution in [2.45, 2.75) is 19.3 Å². The monoisotopic (exact) mass is 268 g/mol. The third kappa shape index (κ3) is 2.13. The minimum Gasteiger partial charge on any atom is -0.507 e.